The quantitative estimate of drug-likeness (QED) is 0.685. The monoisotopic (exact) mass is 187 g/mol. The summed E-state index contributed by atoms with van der Waals surface area (Å²) in [7, 11) is 1.36. The van der Waals surface area contributed by atoms with E-state index in [0.29, 0.717) is 18.0 Å². The fourth-order valence-corrected chi connectivity index (χ4v) is 1.29. The van der Waals surface area contributed by atoms with Crippen molar-refractivity contribution in [1.82, 2.24) is 10.2 Å². The molecule has 1 aromatic rings. The van der Waals surface area contributed by atoms with E-state index in [2.05, 4.69) is 14.9 Å². The van der Waals surface area contributed by atoms with Crippen LogP contribution in [0.15, 0.2) is 0 Å². The van der Waals surface area contributed by atoms with Crippen molar-refractivity contribution in [2.75, 3.05) is 12.8 Å². The SMILES string of the molecule is COC(=O)CCc1nnc(N)s1. The Labute approximate surface area is 73.6 Å². The Balaban J connectivity index is 2.38. The minimum atomic E-state index is -0.247. The van der Waals surface area contributed by atoms with E-state index in [1.165, 1.54) is 18.4 Å². The van der Waals surface area contributed by atoms with Crippen LogP contribution in [-0.4, -0.2) is 23.3 Å². The predicted molar refractivity (Wildman–Crippen MR) is 44.7 cm³/mol. The lowest BCUT2D eigenvalue weighted by molar-refractivity contribution is -0.140. The zero-order valence-electron chi connectivity index (χ0n) is 6.61. The average molecular weight is 187 g/mol. The Hall–Kier alpha value is -1.17. The number of nitrogen functional groups attached to an aromatic ring is 1. The number of hydrogen-bond acceptors (Lipinski definition) is 6. The van der Waals surface area contributed by atoms with Gasteiger partial charge in [0.1, 0.15) is 5.01 Å². The van der Waals surface area contributed by atoms with Crippen LogP contribution >= 0.6 is 11.3 Å². The molecule has 66 valence electrons. The highest BCUT2D eigenvalue weighted by atomic mass is 32.1. The third kappa shape index (κ3) is 2.46. The Morgan fingerprint density at radius 1 is 1.67 bits per heavy atom. The highest BCUT2D eigenvalue weighted by Gasteiger charge is 2.04. The molecule has 0 aromatic carbocycles. The number of carbonyl (C=O) groups is 1. The van der Waals surface area contributed by atoms with Crippen molar-refractivity contribution in [3.05, 3.63) is 5.01 Å². The van der Waals surface area contributed by atoms with Crippen molar-refractivity contribution in [2.45, 2.75) is 12.8 Å². The molecule has 0 aliphatic heterocycles. The van der Waals surface area contributed by atoms with Gasteiger partial charge in [0.25, 0.3) is 0 Å². The van der Waals surface area contributed by atoms with Crippen LogP contribution in [0.2, 0.25) is 0 Å². The van der Waals surface area contributed by atoms with Crippen LogP contribution in [-0.2, 0) is 16.0 Å². The van der Waals surface area contributed by atoms with Gasteiger partial charge in [0.2, 0.25) is 5.13 Å². The molecule has 0 fully saturated rings. The molecule has 1 heterocycles. The topological polar surface area (TPSA) is 78.1 Å². The molecule has 0 saturated carbocycles. The van der Waals surface area contributed by atoms with Crippen LogP contribution in [0.1, 0.15) is 11.4 Å². The van der Waals surface area contributed by atoms with E-state index >= 15 is 0 Å². The van der Waals surface area contributed by atoms with E-state index in [1.54, 1.807) is 0 Å². The number of ether oxygens (including phenoxy) is 1. The molecule has 1 aromatic heterocycles. The first-order chi connectivity index (χ1) is 5.72. The van der Waals surface area contributed by atoms with E-state index < -0.39 is 0 Å². The molecular weight excluding hydrogens is 178 g/mol. The molecule has 0 amide bonds. The van der Waals surface area contributed by atoms with E-state index in [4.69, 9.17) is 5.73 Å². The summed E-state index contributed by atoms with van der Waals surface area (Å²) in [5.74, 6) is -0.247. The Kier molecular flexibility index (Phi) is 2.98. The highest BCUT2D eigenvalue weighted by molar-refractivity contribution is 7.15. The standard InChI is InChI=1S/C6H9N3O2S/c1-11-5(10)3-2-4-8-9-6(7)12-4/h2-3H2,1H3,(H2,7,9). The summed E-state index contributed by atoms with van der Waals surface area (Å²) < 4.78 is 4.46. The number of methoxy groups -OCH3 is 1. The molecule has 0 radical (unpaired) electrons. The third-order valence-corrected chi connectivity index (χ3v) is 2.07. The van der Waals surface area contributed by atoms with Crippen molar-refractivity contribution in [3.8, 4) is 0 Å². The summed E-state index contributed by atoms with van der Waals surface area (Å²) in [6, 6.07) is 0. The number of carbonyl (C=O) groups excluding carboxylic acids is 1. The lowest BCUT2D eigenvalue weighted by Crippen LogP contribution is -2.01. The van der Waals surface area contributed by atoms with Crippen LogP contribution in [0.25, 0.3) is 0 Å². The van der Waals surface area contributed by atoms with Crippen LogP contribution in [0, 0.1) is 0 Å². The Bertz CT molecular complexity index is 274. The number of rotatable bonds is 3. The van der Waals surface area contributed by atoms with E-state index in [-0.39, 0.29) is 5.97 Å². The minimum Gasteiger partial charge on any atom is -0.469 e. The van der Waals surface area contributed by atoms with Crippen LogP contribution < -0.4 is 5.73 Å². The van der Waals surface area contributed by atoms with Gasteiger partial charge in [0, 0.05) is 6.42 Å². The first-order valence-corrected chi connectivity index (χ1v) is 4.18. The van der Waals surface area contributed by atoms with E-state index in [1.807, 2.05) is 0 Å². The summed E-state index contributed by atoms with van der Waals surface area (Å²) in [4.78, 5) is 10.7. The zero-order valence-corrected chi connectivity index (χ0v) is 7.43. The molecule has 1 rings (SSSR count). The highest BCUT2D eigenvalue weighted by Crippen LogP contribution is 2.12. The number of nitrogens with zero attached hydrogens (tertiary/aromatic N) is 2. The van der Waals surface area contributed by atoms with Crippen molar-refractivity contribution >= 4 is 22.4 Å². The molecule has 0 atom stereocenters. The van der Waals surface area contributed by atoms with Gasteiger partial charge in [0.05, 0.1) is 13.5 Å². The number of esters is 1. The largest absolute Gasteiger partial charge is 0.469 e. The minimum absolute atomic E-state index is 0.247. The van der Waals surface area contributed by atoms with Gasteiger partial charge in [-0.15, -0.1) is 10.2 Å². The van der Waals surface area contributed by atoms with Gasteiger partial charge < -0.3 is 10.5 Å². The maximum atomic E-state index is 10.7. The van der Waals surface area contributed by atoms with Crippen molar-refractivity contribution < 1.29 is 9.53 Å². The molecule has 0 unspecified atom stereocenters. The summed E-state index contributed by atoms with van der Waals surface area (Å²) >= 11 is 1.29. The smallest absolute Gasteiger partial charge is 0.305 e. The normalized spacial score (nSPS) is 9.75. The number of aromatic nitrogens is 2. The van der Waals surface area contributed by atoms with Gasteiger partial charge in [0.15, 0.2) is 0 Å². The molecule has 0 aliphatic rings. The number of nitrogens with two attached hydrogens (primary N) is 1. The second kappa shape index (κ2) is 4.01. The van der Waals surface area contributed by atoms with Gasteiger partial charge in [-0.25, -0.2) is 0 Å². The van der Waals surface area contributed by atoms with Gasteiger partial charge in [-0.2, -0.15) is 0 Å². The van der Waals surface area contributed by atoms with Crippen LogP contribution in [0.4, 0.5) is 5.13 Å². The van der Waals surface area contributed by atoms with Gasteiger partial charge in [-0.1, -0.05) is 11.3 Å². The summed E-state index contributed by atoms with van der Waals surface area (Å²) in [6.45, 7) is 0. The predicted octanol–water partition coefficient (Wildman–Crippen LogP) is 0.226. The van der Waals surface area contributed by atoms with Gasteiger partial charge >= 0.3 is 5.97 Å². The van der Waals surface area contributed by atoms with Gasteiger partial charge in [-0.05, 0) is 0 Å². The molecule has 0 spiro atoms. The number of aryl methyl sites for hydroxylation is 1. The molecule has 12 heavy (non-hydrogen) atoms. The fraction of sp³-hybridized carbons (Fsp3) is 0.500. The molecular formula is C6H9N3O2S. The second-order valence-electron chi connectivity index (χ2n) is 2.11. The Morgan fingerprint density at radius 3 is 2.92 bits per heavy atom. The summed E-state index contributed by atoms with van der Waals surface area (Å²) in [6.07, 6.45) is 0.868. The third-order valence-electron chi connectivity index (χ3n) is 1.25. The maximum absolute atomic E-state index is 10.7. The molecule has 6 heteroatoms. The van der Waals surface area contributed by atoms with Crippen molar-refractivity contribution in [3.63, 3.8) is 0 Å². The fourth-order valence-electron chi connectivity index (χ4n) is 0.679. The second-order valence-corrected chi connectivity index (χ2v) is 3.20. The lowest BCUT2D eigenvalue weighted by atomic mass is 10.3. The van der Waals surface area contributed by atoms with Crippen molar-refractivity contribution in [2.24, 2.45) is 0 Å². The number of anilines is 1. The van der Waals surface area contributed by atoms with Gasteiger partial charge in [-0.3, -0.25) is 4.79 Å². The van der Waals surface area contributed by atoms with Crippen LogP contribution in [0.5, 0.6) is 0 Å². The number of hydrogen-bond donors (Lipinski definition) is 1. The van der Waals surface area contributed by atoms with Crippen molar-refractivity contribution in [1.29, 1.82) is 0 Å². The summed E-state index contributed by atoms with van der Waals surface area (Å²) in [5.41, 5.74) is 5.35. The van der Waals surface area contributed by atoms with E-state index in [9.17, 15) is 4.79 Å². The van der Waals surface area contributed by atoms with E-state index in [0.717, 1.165) is 5.01 Å². The first-order valence-electron chi connectivity index (χ1n) is 3.37. The van der Waals surface area contributed by atoms with Crippen LogP contribution in [0.3, 0.4) is 0 Å². The Morgan fingerprint density at radius 2 is 2.42 bits per heavy atom. The zero-order chi connectivity index (χ0) is 8.97. The first kappa shape index (κ1) is 8.92. The molecule has 0 saturated heterocycles. The molecule has 2 N–H and O–H groups in total. The lowest BCUT2D eigenvalue weighted by Gasteiger charge is -1.94. The molecule has 0 aliphatic carbocycles. The summed E-state index contributed by atoms with van der Waals surface area (Å²) in [5, 5.41) is 8.56. The molecule has 0 bridgehead atoms. The average Bonchev–Trinajstić information content (AvgIpc) is 2.47. The molecule has 5 nitrogen and oxygen atoms in total. The maximum Gasteiger partial charge on any atom is 0.305 e.